The Bertz CT molecular complexity index is 1050. The predicted octanol–water partition coefficient (Wildman–Crippen LogP) is 3.12. The van der Waals surface area contributed by atoms with E-state index in [1.165, 1.54) is 4.88 Å². The van der Waals surface area contributed by atoms with Gasteiger partial charge in [0.05, 0.1) is 32.8 Å². The first-order valence-corrected chi connectivity index (χ1v) is 10.1. The number of methoxy groups -OCH3 is 2. The first kappa shape index (κ1) is 19.0. The number of benzene rings is 1. The molecule has 1 aliphatic rings. The van der Waals surface area contributed by atoms with E-state index in [0.717, 1.165) is 54.1 Å². The molecule has 0 aliphatic carbocycles. The van der Waals surface area contributed by atoms with Crippen LogP contribution in [0.15, 0.2) is 35.3 Å². The normalized spacial score (nSPS) is 15.1. The molecule has 6 nitrogen and oxygen atoms in total. The highest BCUT2D eigenvalue weighted by Crippen LogP contribution is 2.37. The zero-order valence-corrected chi connectivity index (χ0v) is 17.2. The molecule has 2 aromatic heterocycles. The smallest absolute Gasteiger partial charge is 0.259 e. The number of fused-ring (bicyclic) bond motifs is 1. The molecular formula is C21H24N2O4S. The van der Waals surface area contributed by atoms with Crippen molar-refractivity contribution in [1.82, 2.24) is 9.47 Å². The minimum Gasteiger partial charge on any atom is -0.493 e. The molecule has 28 heavy (non-hydrogen) atoms. The maximum atomic E-state index is 12.7. The van der Waals surface area contributed by atoms with E-state index in [9.17, 15) is 4.79 Å². The van der Waals surface area contributed by atoms with Crippen molar-refractivity contribution in [3.63, 3.8) is 0 Å². The standard InChI is InChI=1S/C21H24N2O4S/c1-22-13-17(14-4-5-18(25-2)19(10-14)26-3)20-16(21(22)24)11-15(28-20)12-23-6-8-27-9-7-23/h4-5,10-11,13H,6-9,12H2,1-3H3. The van der Waals surface area contributed by atoms with E-state index in [0.29, 0.717) is 11.5 Å². The molecule has 1 aromatic carbocycles. The van der Waals surface area contributed by atoms with Gasteiger partial charge in [0.2, 0.25) is 0 Å². The number of thiophene rings is 1. The monoisotopic (exact) mass is 400 g/mol. The van der Waals surface area contributed by atoms with Crippen LogP contribution in [0.3, 0.4) is 0 Å². The molecule has 0 amide bonds. The lowest BCUT2D eigenvalue weighted by Crippen LogP contribution is -2.35. The van der Waals surface area contributed by atoms with Crippen molar-refractivity contribution in [3.05, 3.63) is 45.7 Å². The van der Waals surface area contributed by atoms with Gasteiger partial charge in [-0.15, -0.1) is 11.3 Å². The number of pyridine rings is 1. The Balaban J connectivity index is 1.80. The van der Waals surface area contributed by atoms with Gasteiger partial charge in [0.1, 0.15) is 0 Å². The molecule has 7 heteroatoms. The van der Waals surface area contributed by atoms with Crippen LogP contribution in [0.5, 0.6) is 11.5 Å². The molecular weight excluding hydrogens is 376 g/mol. The van der Waals surface area contributed by atoms with Crippen molar-refractivity contribution in [2.24, 2.45) is 7.05 Å². The molecule has 1 saturated heterocycles. The number of hydrogen-bond donors (Lipinski definition) is 0. The number of aryl methyl sites for hydroxylation is 1. The molecule has 0 bridgehead atoms. The van der Waals surface area contributed by atoms with Crippen molar-refractivity contribution in [3.8, 4) is 22.6 Å². The van der Waals surface area contributed by atoms with Crippen LogP contribution >= 0.6 is 11.3 Å². The summed E-state index contributed by atoms with van der Waals surface area (Å²) in [5.41, 5.74) is 2.05. The molecule has 0 atom stereocenters. The van der Waals surface area contributed by atoms with E-state index < -0.39 is 0 Å². The van der Waals surface area contributed by atoms with Gasteiger partial charge >= 0.3 is 0 Å². The van der Waals surface area contributed by atoms with E-state index in [2.05, 4.69) is 4.90 Å². The number of rotatable bonds is 5. The minimum atomic E-state index is 0.0312. The van der Waals surface area contributed by atoms with Crippen LogP contribution in [0.2, 0.25) is 0 Å². The lowest BCUT2D eigenvalue weighted by atomic mass is 10.1. The summed E-state index contributed by atoms with van der Waals surface area (Å²) < 4.78 is 18.9. The Labute approximate surface area is 167 Å². The highest BCUT2D eigenvalue weighted by atomic mass is 32.1. The molecule has 0 unspecified atom stereocenters. The van der Waals surface area contributed by atoms with Crippen LogP contribution in [0.25, 0.3) is 21.2 Å². The zero-order valence-electron chi connectivity index (χ0n) is 16.4. The molecule has 1 fully saturated rings. The average Bonchev–Trinajstić information content (AvgIpc) is 3.14. The molecule has 3 heterocycles. The molecule has 148 valence electrons. The summed E-state index contributed by atoms with van der Waals surface area (Å²) in [5.74, 6) is 1.36. The lowest BCUT2D eigenvalue weighted by molar-refractivity contribution is 0.0346. The van der Waals surface area contributed by atoms with Crippen molar-refractivity contribution in [2.75, 3.05) is 40.5 Å². The SMILES string of the molecule is COc1ccc(-c2cn(C)c(=O)c3cc(CN4CCOCC4)sc23)cc1OC. The number of nitrogens with zero attached hydrogens (tertiary/aromatic N) is 2. The predicted molar refractivity (Wildman–Crippen MR) is 112 cm³/mol. The van der Waals surface area contributed by atoms with Crippen molar-refractivity contribution < 1.29 is 14.2 Å². The minimum absolute atomic E-state index is 0.0312. The van der Waals surface area contributed by atoms with Crippen LogP contribution in [0, 0.1) is 0 Å². The third-order valence-corrected chi connectivity index (χ3v) is 6.23. The third kappa shape index (κ3) is 3.53. The van der Waals surface area contributed by atoms with Gasteiger partial charge in [-0.25, -0.2) is 0 Å². The maximum Gasteiger partial charge on any atom is 0.259 e. The molecule has 0 spiro atoms. The summed E-state index contributed by atoms with van der Waals surface area (Å²) in [6.07, 6.45) is 1.90. The van der Waals surface area contributed by atoms with Crippen LogP contribution in [-0.4, -0.2) is 50.0 Å². The van der Waals surface area contributed by atoms with Gasteiger partial charge in [0.15, 0.2) is 11.5 Å². The summed E-state index contributed by atoms with van der Waals surface area (Å²) in [7, 11) is 5.05. The summed E-state index contributed by atoms with van der Waals surface area (Å²) in [5, 5.41) is 0.767. The first-order valence-electron chi connectivity index (χ1n) is 9.25. The summed E-state index contributed by atoms with van der Waals surface area (Å²) in [6.45, 7) is 4.23. The summed E-state index contributed by atoms with van der Waals surface area (Å²) in [4.78, 5) is 16.3. The van der Waals surface area contributed by atoms with Crippen molar-refractivity contribution in [1.29, 1.82) is 0 Å². The fourth-order valence-electron chi connectivity index (χ4n) is 3.57. The van der Waals surface area contributed by atoms with E-state index >= 15 is 0 Å². The Hall–Kier alpha value is -2.35. The number of aromatic nitrogens is 1. The number of hydrogen-bond acceptors (Lipinski definition) is 6. The van der Waals surface area contributed by atoms with Crippen molar-refractivity contribution in [2.45, 2.75) is 6.54 Å². The van der Waals surface area contributed by atoms with Crippen LogP contribution in [0.4, 0.5) is 0 Å². The lowest BCUT2D eigenvalue weighted by Gasteiger charge is -2.25. The van der Waals surface area contributed by atoms with Gasteiger partial charge in [0.25, 0.3) is 5.56 Å². The number of morpholine rings is 1. The van der Waals surface area contributed by atoms with E-state index in [-0.39, 0.29) is 5.56 Å². The largest absolute Gasteiger partial charge is 0.493 e. The number of ether oxygens (including phenoxy) is 3. The summed E-state index contributed by atoms with van der Waals surface area (Å²) in [6, 6.07) is 7.90. The second-order valence-electron chi connectivity index (χ2n) is 6.87. The first-order chi connectivity index (χ1) is 13.6. The zero-order chi connectivity index (χ0) is 19.7. The van der Waals surface area contributed by atoms with E-state index in [4.69, 9.17) is 14.2 Å². The molecule has 0 N–H and O–H groups in total. The van der Waals surface area contributed by atoms with Gasteiger partial charge in [0, 0.05) is 48.0 Å². The van der Waals surface area contributed by atoms with E-state index in [1.54, 1.807) is 37.2 Å². The topological polar surface area (TPSA) is 52.9 Å². The molecule has 1 aliphatic heterocycles. The van der Waals surface area contributed by atoms with Crippen LogP contribution in [-0.2, 0) is 18.3 Å². The van der Waals surface area contributed by atoms with Crippen LogP contribution < -0.4 is 15.0 Å². The van der Waals surface area contributed by atoms with Gasteiger partial charge in [-0.2, -0.15) is 0 Å². The van der Waals surface area contributed by atoms with Gasteiger partial charge in [-0.05, 0) is 23.8 Å². The van der Waals surface area contributed by atoms with Crippen LogP contribution in [0.1, 0.15) is 4.88 Å². The quantitative estimate of drug-likeness (QED) is 0.659. The second kappa shape index (κ2) is 7.95. The average molecular weight is 401 g/mol. The summed E-state index contributed by atoms with van der Waals surface area (Å²) >= 11 is 1.69. The Morgan fingerprint density at radius 3 is 2.57 bits per heavy atom. The van der Waals surface area contributed by atoms with E-state index in [1.807, 2.05) is 30.5 Å². The van der Waals surface area contributed by atoms with Gasteiger partial charge < -0.3 is 18.8 Å². The van der Waals surface area contributed by atoms with Crippen molar-refractivity contribution >= 4 is 21.4 Å². The third-order valence-electron chi connectivity index (χ3n) is 5.08. The van der Waals surface area contributed by atoms with Gasteiger partial charge in [-0.3, -0.25) is 9.69 Å². The van der Waals surface area contributed by atoms with Gasteiger partial charge in [-0.1, -0.05) is 6.07 Å². The fourth-order valence-corrected chi connectivity index (χ4v) is 4.79. The molecule has 3 aromatic rings. The Morgan fingerprint density at radius 1 is 1.11 bits per heavy atom. The highest BCUT2D eigenvalue weighted by Gasteiger charge is 2.17. The fraction of sp³-hybridized carbons (Fsp3) is 0.381. The Kier molecular flexibility index (Phi) is 5.39. The highest BCUT2D eigenvalue weighted by molar-refractivity contribution is 7.19. The molecule has 0 radical (unpaired) electrons. The maximum absolute atomic E-state index is 12.7. The Morgan fingerprint density at radius 2 is 1.86 bits per heavy atom. The molecule has 4 rings (SSSR count). The second-order valence-corrected chi connectivity index (χ2v) is 8.01. The molecule has 0 saturated carbocycles.